The highest BCUT2D eigenvalue weighted by Crippen LogP contribution is 2.17. The summed E-state index contributed by atoms with van der Waals surface area (Å²) < 4.78 is 4.90. The largest absolute Gasteiger partial charge is 0.383 e. The molecular weight excluding hydrogens is 248 g/mol. The predicted molar refractivity (Wildman–Crippen MR) is 70.5 cm³/mol. The van der Waals surface area contributed by atoms with Gasteiger partial charge in [0.05, 0.1) is 13.2 Å². The number of rotatable bonds is 5. The van der Waals surface area contributed by atoms with E-state index < -0.39 is 0 Å². The number of carbonyl (C=O) groups is 1. The molecule has 0 aromatic rings. The van der Waals surface area contributed by atoms with E-state index in [1.54, 1.807) is 7.11 Å². The van der Waals surface area contributed by atoms with Gasteiger partial charge < -0.3 is 15.0 Å². The molecule has 1 atom stereocenters. The minimum atomic E-state index is 0. The molecule has 6 heteroatoms. The molecule has 0 radical (unpaired) electrons. The first kappa shape index (κ1) is 16.0. The highest BCUT2D eigenvalue weighted by Gasteiger charge is 2.20. The smallest absolute Gasteiger partial charge is 0.236 e. The predicted octanol–water partition coefficient (Wildman–Crippen LogP) is 0.608. The summed E-state index contributed by atoms with van der Waals surface area (Å²) in [4.78, 5) is 13.7. The Morgan fingerprint density at radius 1 is 1.62 bits per heavy atom. The van der Waals surface area contributed by atoms with E-state index in [0.717, 1.165) is 25.4 Å². The van der Waals surface area contributed by atoms with Crippen LogP contribution in [0.15, 0.2) is 0 Å². The fourth-order valence-corrected chi connectivity index (χ4v) is 2.54. The maximum Gasteiger partial charge on any atom is 0.236 e. The Morgan fingerprint density at radius 3 is 3.00 bits per heavy atom. The van der Waals surface area contributed by atoms with E-state index in [-0.39, 0.29) is 18.3 Å². The molecule has 0 saturated carbocycles. The Morgan fingerprint density at radius 2 is 2.38 bits per heavy atom. The Labute approximate surface area is 108 Å². The fraction of sp³-hybridized carbons (Fsp3) is 0.900. The number of halogens is 1. The molecule has 1 N–H and O–H groups in total. The van der Waals surface area contributed by atoms with Crippen molar-refractivity contribution in [3.05, 3.63) is 0 Å². The minimum Gasteiger partial charge on any atom is -0.383 e. The van der Waals surface area contributed by atoms with Crippen molar-refractivity contribution in [2.75, 3.05) is 45.6 Å². The monoisotopic (exact) mass is 268 g/mol. The van der Waals surface area contributed by atoms with Crippen LogP contribution >= 0.6 is 24.2 Å². The maximum atomic E-state index is 11.7. The quantitative estimate of drug-likeness (QED) is 0.742. The van der Waals surface area contributed by atoms with Gasteiger partial charge in [-0.15, -0.1) is 12.4 Å². The summed E-state index contributed by atoms with van der Waals surface area (Å²) in [5, 5.41) is 3.65. The number of hydrogen-bond donors (Lipinski definition) is 1. The number of hydrogen-bond acceptors (Lipinski definition) is 4. The number of nitrogens with one attached hydrogen (secondary N) is 1. The summed E-state index contributed by atoms with van der Waals surface area (Å²) >= 11 is 1.94. The van der Waals surface area contributed by atoms with Crippen LogP contribution < -0.4 is 5.32 Å². The third-order valence-corrected chi connectivity index (χ3v) is 3.49. The number of amides is 1. The van der Waals surface area contributed by atoms with Gasteiger partial charge in [-0.1, -0.05) is 6.92 Å². The summed E-state index contributed by atoms with van der Waals surface area (Å²) in [7, 11) is 1.66. The summed E-state index contributed by atoms with van der Waals surface area (Å²) in [6.45, 7) is 5.76. The van der Waals surface area contributed by atoms with Gasteiger partial charge in [-0.3, -0.25) is 4.79 Å². The second-order valence-electron chi connectivity index (χ2n) is 3.69. The first-order chi connectivity index (χ1) is 7.24. The van der Waals surface area contributed by atoms with Crippen LogP contribution in [0.2, 0.25) is 0 Å². The van der Waals surface area contributed by atoms with Crippen molar-refractivity contribution in [2.45, 2.75) is 12.2 Å². The first-order valence-electron chi connectivity index (χ1n) is 5.33. The summed E-state index contributed by atoms with van der Waals surface area (Å²) in [6, 6.07) is 0. The molecule has 0 spiro atoms. The van der Waals surface area contributed by atoms with Gasteiger partial charge in [0.25, 0.3) is 0 Å². The van der Waals surface area contributed by atoms with Crippen LogP contribution in [0.4, 0.5) is 0 Å². The van der Waals surface area contributed by atoms with E-state index in [1.165, 1.54) is 0 Å². The Kier molecular flexibility index (Phi) is 9.12. The van der Waals surface area contributed by atoms with Gasteiger partial charge in [-0.25, -0.2) is 0 Å². The molecule has 1 unspecified atom stereocenters. The SMILES string of the molecule is COCCNCC(=O)N1CCSC(C)C1.Cl. The van der Waals surface area contributed by atoms with Crippen molar-refractivity contribution in [2.24, 2.45) is 0 Å². The number of nitrogens with zero attached hydrogens (tertiary/aromatic N) is 1. The first-order valence-corrected chi connectivity index (χ1v) is 6.38. The van der Waals surface area contributed by atoms with Crippen LogP contribution in [0.5, 0.6) is 0 Å². The van der Waals surface area contributed by atoms with Gasteiger partial charge in [0, 0.05) is 37.7 Å². The number of methoxy groups -OCH3 is 1. The van der Waals surface area contributed by atoms with Gasteiger partial charge >= 0.3 is 0 Å². The number of thioether (sulfide) groups is 1. The average molecular weight is 269 g/mol. The number of carbonyl (C=O) groups excluding carboxylic acids is 1. The molecule has 1 aliphatic rings. The summed E-state index contributed by atoms with van der Waals surface area (Å²) in [6.07, 6.45) is 0. The lowest BCUT2D eigenvalue weighted by molar-refractivity contribution is -0.130. The molecule has 1 fully saturated rings. The lowest BCUT2D eigenvalue weighted by Crippen LogP contribution is -2.45. The van der Waals surface area contributed by atoms with E-state index >= 15 is 0 Å². The second kappa shape index (κ2) is 9.10. The Balaban J connectivity index is 0.00000225. The van der Waals surface area contributed by atoms with Crippen LogP contribution in [0.3, 0.4) is 0 Å². The number of ether oxygens (including phenoxy) is 1. The van der Waals surface area contributed by atoms with Gasteiger partial charge in [0.2, 0.25) is 5.91 Å². The van der Waals surface area contributed by atoms with Crippen LogP contribution in [0.1, 0.15) is 6.92 Å². The van der Waals surface area contributed by atoms with Crippen LogP contribution in [0.25, 0.3) is 0 Å². The van der Waals surface area contributed by atoms with Gasteiger partial charge in [0.1, 0.15) is 0 Å². The van der Waals surface area contributed by atoms with Gasteiger partial charge in [-0.05, 0) is 0 Å². The molecule has 96 valence electrons. The molecule has 1 amide bonds. The molecule has 1 saturated heterocycles. The third kappa shape index (κ3) is 5.94. The molecule has 0 aromatic heterocycles. The summed E-state index contributed by atoms with van der Waals surface area (Å²) in [5.74, 6) is 1.27. The highest BCUT2D eigenvalue weighted by atomic mass is 35.5. The molecular formula is C10H21ClN2O2S. The lowest BCUT2D eigenvalue weighted by atomic mass is 10.3. The zero-order chi connectivity index (χ0) is 11.1. The normalized spacial score (nSPS) is 20.4. The van der Waals surface area contributed by atoms with Crippen molar-refractivity contribution in [1.29, 1.82) is 0 Å². The fourth-order valence-electron chi connectivity index (χ4n) is 1.53. The molecule has 1 rings (SSSR count). The van der Waals surface area contributed by atoms with Crippen LogP contribution in [0, 0.1) is 0 Å². The maximum absolute atomic E-state index is 11.7. The molecule has 1 heterocycles. The van der Waals surface area contributed by atoms with Gasteiger partial charge in [0.15, 0.2) is 0 Å². The van der Waals surface area contributed by atoms with Crippen LogP contribution in [-0.2, 0) is 9.53 Å². The topological polar surface area (TPSA) is 41.6 Å². The zero-order valence-corrected chi connectivity index (χ0v) is 11.5. The van der Waals surface area contributed by atoms with E-state index in [9.17, 15) is 4.79 Å². The third-order valence-electron chi connectivity index (χ3n) is 2.35. The van der Waals surface area contributed by atoms with E-state index in [1.807, 2.05) is 16.7 Å². The lowest BCUT2D eigenvalue weighted by Gasteiger charge is -2.30. The minimum absolute atomic E-state index is 0. The summed E-state index contributed by atoms with van der Waals surface area (Å²) in [5.41, 5.74) is 0. The van der Waals surface area contributed by atoms with Crippen molar-refractivity contribution in [1.82, 2.24) is 10.2 Å². The molecule has 16 heavy (non-hydrogen) atoms. The van der Waals surface area contributed by atoms with Crippen molar-refractivity contribution in [3.63, 3.8) is 0 Å². The van der Waals surface area contributed by atoms with Crippen molar-refractivity contribution < 1.29 is 9.53 Å². The average Bonchev–Trinajstić information content (AvgIpc) is 2.24. The highest BCUT2D eigenvalue weighted by molar-refractivity contribution is 7.99. The second-order valence-corrected chi connectivity index (χ2v) is 5.24. The zero-order valence-electron chi connectivity index (χ0n) is 9.90. The molecule has 0 aliphatic carbocycles. The Bertz CT molecular complexity index is 207. The van der Waals surface area contributed by atoms with Gasteiger partial charge in [-0.2, -0.15) is 11.8 Å². The molecule has 0 bridgehead atoms. The van der Waals surface area contributed by atoms with Crippen LogP contribution in [-0.4, -0.2) is 61.7 Å². The van der Waals surface area contributed by atoms with Crippen molar-refractivity contribution >= 4 is 30.1 Å². The van der Waals surface area contributed by atoms with E-state index in [4.69, 9.17) is 4.74 Å². The molecule has 0 aromatic carbocycles. The van der Waals surface area contributed by atoms with E-state index in [0.29, 0.717) is 18.4 Å². The molecule has 1 aliphatic heterocycles. The molecule has 4 nitrogen and oxygen atoms in total. The Hall–Kier alpha value is 0.0300. The van der Waals surface area contributed by atoms with E-state index in [2.05, 4.69) is 12.2 Å². The van der Waals surface area contributed by atoms with Crippen molar-refractivity contribution in [3.8, 4) is 0 Å². The standard InChI is InChI=1S/C10H20N2O2S.ClH/c1-9-8-12(4-6-15-9)10(13)7-11-3-5-14-2;/h9,11H,3-8H2,1-2H3;1H.